The molecule has 3 atom stereocenters. The number of nitrogens with one attached hydrogen (secondary N) is 3. The van der Waals surface area contributed by atoms with Crippen molar-refractivity contribution < 1.29 is 34.2 Å². The molecule has 0 spiro atoms. The topological polar surface area (TPSA) is 188 Å². The highest BCUT2D eigenvalue weighted by molar-refractivity contribution is 7.98. The highest BCUT2D eigenvalue weighted by Gasteiger charge is 2.26. The van der Waals surface area contributed by atoms with E-state index in [1.165, 1.54) is 18.7 Å². The van der Waals surface area contributed by atoms with E-state index in [1.54, 1.807) is 6.26 Å². The third-order valence-corrected chi connectivity index (χ3v) is 3.78. The standard InChI is InChI=1S/C14H24N4O7S/c1-7(17-13(24)8(15)5-10(19)20)12(23)18-9(3-4-26-2)14(25)16-6-11(21)22/h7-9H,3-6,15H2,1-2H3,(H,16,25)(H,17,24)(H,18,23)(H,19,20)(H,21,22). The van der Waals surface area contributed by atoms with Crippen LogP contribution in [0.25, 0.3) is 0 Å². The zero-order valence-corrected chi connectivity index (χ0v) is 15.3. The first-order chi connectivity index (χ1) is 12.1. The lowest BCUT2D eigenvalue weighted by Crippen LogP contribution is -2.55. The van der Waals surface area contributed by atoms with Gasteiger partial charge in [0.2, 0.25) is 17.7 Å². The molecule has 3 amide bonds. The Hall–Kier alpha value is -2.34. The summed E-state index contributed by atoms with van der Waals surface area (Å²) in [7, 11) is 0. The molecule has 148 valence electrons. The Kier molecular flexibility index (Phi) is 11.0. The van der Waals surface area contributed by atoms with E-state index in [-0.39, 0.29) is 6.42 Å². The van der Waals surface area contributed by atoms with Crippen molar-refractivity contribution >= 4 is 41.4 Å². The van der Waals surface area contributed by atoms with Crippen LogP contribution >= 0.6 is 11.8 Å². The van der Waals surface area contributed by atoms with Gasteiger partial charge in [0.05, 0.1) is 12.5 Å². The van der Waals surface area contributed by atoms with Crippen LogP contribution in [-0.2, 0) is 24.0 Å². The third kappa shape index (κ3) is 9.84. The average Bonchev–Trinajstić information content (AvgIpc) is 2.55. The Balaban J connectivity index is 4.74. The maximum Gasteiger partial charge on any atom is 0.322 e. The number of carboxylic acid groups (broad SMARTS) is 2. The summed E-state index contributed by atoms with van der Waals surface area (Å²) in [4.78, 5) is 56.9. The van der Waals surface area contributed by atoms with Gasteiger partial charge in [-0.1, -0.05) is 0 Å². The van der Waals surface area contributed by atoms with E-state index in [2.05, 4.69) is 16.0 Å². The highest BCUT2D eigenvalue weighted by Crippen LogP contribution is 2.02. The predicted octanol–water partition coefficient (Wildman–Crippen LogP) is -2.27. The Morgan fingerprint density at radius 2 is 1.62 bits per heavy atom. The van der Waals surface area contributed by atoms with Crippen LogP contribution in [0.1, 0.15) is 19.8 Å². The smallest absolute Gasteiger partial charge is 0.322 e. The molecule has 0 aromatic rings. The van der Waals surface area contributed by atoms with Crippen LogP contribution in [0.5, 0.6) is 0 Å². The summed E-state index contributed by atoms with van der Waals surface area (Å²) in [5.74, 6) is -4.09. The van der Waals surface area contributed by atoms with Crippen LogP contribution in [0.2, 0.25) is 0 Å². The molecular formula is C14H24N4O7S. The molecule has 0 heterocycles. The Labute approximate surface area is 154 Å². The molecule has 12 heteroatoms. The zero-order chi connectivity index (χ0) is 20.3. The van der Waals surface area contributed by atoms with Crippen molar-refractivity contribution in [1.29, 1.82) is 0 Å². The Bertz CT molecular complexity index is 543. The second kappa shape index (κ2) is 12.1. The molecule has 3 unspecified atom stereocenters. The summed E-state index contributed by atoms with van der Waals surface area (Å²) in [6.45, 7) is 0.766. The van der Waals surface area contributed by atoms with Gasteiger partial charge in [-0.2, -0.15) is 11.8 Å². The number of rotatable bonds is 12. The Morgan fingerprint density at radius 3 is 2.12 bits per heavy atom. The number of carbonyl (C=O) groups is 5. The summed E-state index contributed by atoms with van der Waals surface area (Å²) in [5, 5.41) is 24.1. The van der Waals surface area contributed by atoms with Gasteiger partial charge >= 0.3 is 11.9 Å². The second-order valence-corrected chi connectivity index (χ2v) is 6.37. The van der Waals surface area contributed by atoms with E-state index >= 15 is 0 Å². The first kappa shape index (κ1) is 23.7. The predicted molar refractivity (Wildman–Crippen MR) is 93.4 cm³/mol. The SMILES string of the molecule is CSCCC(NC(=O)C(C)NC(=O)C(N)CC(=O)O)C(=O)NCC(=O)O. The maximum atomic E-state index is 12.2. The number of carboxylic acids is 2. The number of thioether (sulfide) groups is 1. The lowest BCUT2D eigenvalue weighted by molar-refractivity contribution is -0.139. The van der Waals surface area contributed by atoms with Crippen LogP contribution in [0.3, 0.4) is 0 Å². The molecule has 0 saturated carbocycles. The van der Waals surface area contributed by atoms with E-state index in [0.717, 1.165) is 0 Å². The van der Waals surface area contributed by atoms with Crippen molar-refractivity contribution in [1.82, 2.24) is 16.0 Å². The van der Waals surface area contributed by atoms with Gasteiger partial charge in [0.25, 0.3) is 0 Å². The first-order valence-electron chi connectivity index (χ1n) is 7.65. The van der Waals surface area contributed by atoms with Crippen LogP contribution in [-0.4, -0.2) is 76.6 Å². The van der Waals surface area contributed by atoms with Crippen LogP contribution in [0.4, 0.5) is 0 Å². The fourth-order valence-corrected chi connectivity index (χ4v) is 2.23. The van der Waals surface area contributed by atoms with E-state index in [9.17, 15) is 24.0 Å². The van der Waals surface area contributed by atoms with E-state index in [1.807, 2.05) is 0 Å². The first-order valence-corrected chi connectivity index (χ1v) is 9.04. The summed E-state index contributed by atoms with van der Waals surface area (Å²) in [6, 6.07) is -3.35. The quantitative estimate of drug-likeness (QED) is 0.213. The Morgan fingerprint density at radius 1 is 1.00 bits per heavy atom. The van der Waals surface area contributed by atoms with E-state index < -0.39 is 60.8 Å². The van der Waals surface area contributed by atoms with Gasteiger partial charge in [0.1, 0.15) is 18.6 Å². The normalized spacial score (nSPS) is 13.8. The monoisotopic (exact) mass is 392 g/mol. The van der Waals surface area contributed by atoms with Gasteiger partial charge in [0.15, 0.2) is 0 Å². The van der Waals surface area contributed by atoms with Gasteiger partial charge in [-0.15, -0.1) is 0 Å². The van der Waals surface area contributed by atoms with Crippen molar-refractivity contribution in [2.24, 2.45) is 5.73 Å². The lowest BCUT2D eigenvalue weighted by Gasteiger charge is -2.21. The number of aliphatic carboxylic acids is 2. The molecule has 7 N–H and O–H groups in total. The largest absolute Gasteiger partial charge is 0.481 e. The van der Waals surface area contributed by atoms with Gasteiger partial charge in [-0.25, -0.2) is 0 Å². The molecule has 11 nitrogen and oxygen atoms in total. The minimum atomic E-state index is -1.31. The molecule has 0 aliphatic heterocycles. The molecule has 0 saturated heterocycles. The number of amides is 3. The summed E-state index contributed by atoms with van der Waals surface area (Å²) >= 11 is 1.44. The molecule has 0 aromatic carbocycles. The molecule has 0 aliphatic rings. The molecule has 0 fully saturated rings. The van der Waals surface area contributed by atoms with Crippen molar-refractivity contribution in [2.45, 2.75) is 37.9 Å². The molecule has 0 rings (SSSR count). The lowest BCUT2D eigenvalue weighted by atomic mass is 10.1. The number of carbonyl (C=O) groups excluding carboxylic acids is 3. The fraction of sp³-hybridized carbons (Fsp3) is 0.643. The third-order valence-electron chi connectivity index (χ3n) is 3.14. The van der Waals surface area contributed by atoms with Crippen molar-refractivity contribution in [3.05, 3.63) is 0 Å². The van der Waals surface area contributed by atoms with Crippen LogP contribution < -0.4 is 21.7 Å². The van der Waals surface area contributed by atoms with Gasteiger partial charge < -0.3 is 31.9 Å². The van der Waals surface area contributed by atoms with Crippen molar-refractivity contribution in [2.75, 3.05) is 18.6 Å². The van der Waals surface area contributed by atoms with Crippen LogP contribution in [0, 0.1) is 0 Å². The summed E-state index contributed by atoms with van der Waals surface area (Å²) in [5.41, 5.74) is 5.40. The number of hydrogen-bond acceptors (Lipinski definition) is 7. The molecule has 0 radical (unpaired) electrons. The zero-order valence-electron chi connectivity index (χ0n) is 14.5. The molecule has 0 aliphatic carbocycles. The van der Waals surface area contributed by atoms with E-state index in [0.29, 0.717) is 5.75 Å². The minimum absolute atomic E-state index is 0.261. The number of nitrogens with two attached hydrogens (primary N) is 1. The second-order valence-electron chi connectivity index (χ2n) is 5.39. The van der Waals surface area contributed by atoms with Gasteiger partial charge in [0, 0.05) is 0 Å². The molecular weight excluding hydrogens is 368 g/mol. The molecule has 0 aromatic heterocycles. The fourth-order valence-electron chi connectivity index (χ4n) is 1.75. The minimum Gasteiger partial charge on any atom is -0.481 e. The number of hydrogen-bond donors (Lipinski definition) is 6. The maximum absolute atomic E-state index is 12.2. The summed E-state index contributed by atoms with van der Waals surface area (Å²) < 4.78 is 0. The van der Waals surface area contributed by atoms with Gasteiger partial charge in [-0.3, -0.25) is 24.0 Å². The van der Waals surface area contributed by atoms with Gasteiger partial charge in [-0.05, 0) is 25.4 Å². The highest BCUT2D eigenvalue weighted by atomic mass is 32.2. The van der Waals surface area contributed by atoms with Crippen molar-refractivity contribution in [3.8, 4) is 0 Å². The molecule has 26 heavy (non-hydrogen) atoms. The van der Waals surface area contributed by atoms with Crippen molar-refractivity contribution in [3.63, 3.8) is 0 Å². The van der Waals surface area contributed by atoms with Crippen LogP contribution in [0.15, 0.2) is 0 Å². The summed E-state index contributed by atoms with van der Waals surface area (Å²) in [6.07, 6.45) is 1.48. The molecule has 0 bridgehead atoms. The van der Waals surface area contributed by atoms with E-state index in [4.69, 9.17) is 15.9 Å². The average molecular weight is 392 g/mol.